The molecule has 0 unspecified atom stereocenters. The van der Waals surface area contributed by atoms with Gasteiger partial charge in [-0.1, -0.05) is 18.2 Å². The van der Waals surface area contributed by atoms with E-state index in [0.29, 0.717) is 0 Å². The van der Waals surface area contributed by atoms with Crippen molar-refractivity contribution < 1.29 is 22.3 Å². The molecule has 0 bridgehead atoms. The topological polar surface area (TPSA) is 72.5 Å². The van der Waals surface area contributed by atoms with Crippen molar-refractivity contribution in [2.75, 3.05) is 11.8 Å². The highest BCUT2D eigenvalue weighted by molar-refractivity contribution is 7.92. The number of sulfonamides is 1. The van der Waals surface area contributed by atoms with Crippen LogP contribution in [-0.4, -0.2) is 21.5 Å². The normalized spacial score (nSPS) is 11.0. The van der Waals surface area contributed by atoms with Gasteiger partial charge in [-0.15, -0.1) is 0 Å². The van der Waals surface area contributed by atoms with Crippen LogP contribution >= 0.6 is 0 Å². The average Bonchev–Trinajstić information content (AvgIpc) is 2.49. The molecule has 0 spiro atoms. The van der Waals surface area contributed by atoms with E-state index in [1.807, 2.05) is 0 Å². The Hall–Kier alpha value is -2.41. The minimum Gasteiger partial charge on any atom is -0.465 e. The number of esters is 1. The van der Waals surface area contributed by atoms with Crippen molar-refractivity contribution in [3.8, 4) is 0 Å². The second kappa shape index (κ2) is 5.92. The highest BCUT2D eigenvalue weighted by Gasteiger charge is 2.17. The third kappa shape index (κ3) is 3.38. The van der Waals surface area contributed by atoms with Crippen LogP contribution in [0.1, 0.15) is 10.4 Å². The molecule has 0 aliphatic rings. The predicted octanol–water partition coefficient (Wildman–Crippen LogP) is 2.41. The minimum atomic E-state index is -3.80. The molecule has 5 nitrogen and oxygen atoms in total. The molecule has 21 heavy (non-hydrogen) atoms. The molecular formula is C14H12FNO4S. The van der Waals surface area contributed by atoms with Gasteiger partial charge in [0, 0.05) is 5.69 Å². The molecule has 7 heteroatoms. The van der Waals surface area contributed by atoms with Crippen LogP contribution in [0.4, 0.5) is 10.1 Å². The molecule has 0 aliphatic carbocycles. The van der Waals surface area contributed by atoms with E-state index in [1.165, 1.54) is 18.2 Å². The number of carbonyl (C=O) groups is 1. The van der Waals surface area contributed by atoms with Crippen LogP contribution in [0.15, 0.2) is 53.4 Å². The Morgan fingerprint density at radius 2 is 1.81 bits per heavy atom. The number of benzene rings is 2. The van der Waals surface area contributed by atoms with Crippen LogP contribution in [0.25, 0.3) is 0 Å². The zero-order valence-electron chi connectivity index (χ0n) is 11.0. The van der Waals surface area contributed by atoms with Gasteiger partial charge < -0.3 is 4.74 Å². The van der Waals surface area contributed by atoms with Gasteiger partial charge in [-0.05, 0) is 30.3 Å². The van der Waals surface area contributed by atoms with Gasteiger partial charge in [0.2, 0.25) is 0 Å². The number of carbonyl (C=O) groups excluding carboxylic acids is 1. The van der Waals surface area contributed by atoms with Crippen molar-refractivity contribution in [2.45, 2.75) is 4.90 Å². The first kappa shape index (κ1) is 15.0. The summed E-state index contributed by atoms with van der Waals surface area (Å²) in [6, 6.07) is 11.0. The summed E-state index contributed by atoms with van der Waals surface area (Å²) in [7, 11) is -2.69. The van der Waals surface area contributed by atoms with E-state index >= 15 is 0 Å². The zero-order chi connectivity index (χ0) is 15.5. The Balaban J connectivity index is 2.34. The fraction of sp³-hybridized carbons (Fsp3) is 0.0714. The lowest BCUT2D eigenvalue weighted by atomic mass is 10.2. The maximum Gasteiger partial charge on any atom is 0.340 e. The maximum atomic E-state index is 13.5. The standard InChI is InChI=1S/C14H12FNO4S/c1-20-14(17)12-9-10(7-8-13(12)15)16-21(18,19)11-5-3-2-4-6-11/h2-9,16H,1H3. The molecule has 0 radical (unpaired) electrons. The van der Waals surface area contributed by atoms with Gasteiger partial charge in [-0.2, -0.15) is 0 Å². The summed E-state index contributed by atoms with van der Waals surface area (Å²) in [6.07, 6.45) is 0. The molecule has 1 N–H and O–H groups in total. The summed E-state index contributed by atoms with van der Waals surface area (Å²) < 4.78 is 44.4. The molecule has 0 heterocycles. The van der Waals surface area contributed by atoms with E-state index in [-0.39, 0.29) is 16.1 Å². The molecule has 2 rings (SSSR count). The fourth-order valence-electron chi connectivity index (χ4n) is 1.67. The Labute approximate surface area is 121 Å². The number of methoxy groups -OCH3 is 1. The van der Waals surface area contributed by atoms with E-state index in [1.54, 1.807) is 18.2 Å². The van der Waals surface area contributed by atoms with Gasteiger partial charge >= 0.3 is 5.97 Å². The van der Waals surface area contributed by atoms with E-state index in [0.717, 1.165) is 19.2 Å². The average molecular weight is 309 g/mol. The van der Waals surface area contributed by atoms with Crippen molar-refractivity contribution in [1.82, 2.24) is 0 Å². The molecule has 0 aromatic heterocycles. The van der Waals surface area contributed by atoms with Crippen molar-refractivity contribution >= 4 is 21.7 Å². The van der Waals surface area contributed by atoms with E-state index in [2.05, 4.69) is 9.46 Å². The van der Waals surface area contributed by atoms with Gasteiger partial charge in [0.05, 0.1) is 17.6 Å². The number of anilines is 1. The number of nitrogens with one attached hydrogen (secondary N) is 1. The molecule has 0 atom stereocenters. The molecule has 110 valence electrons. The molecule has 0 amide bonds. The third-order valence-corrected chi connectivity index (χ3v) is 4.07. The number of hydrogen-bond acceptors (Lipinski definition) is 4. The van der Waals surface area contributed by atoms with E-state index in [9.17, 15) is 17.6 Å². The van der Waals surface area contributed by atoms with Gasteiger partial charge in [0.15, 0.2) is 0 Å². The molecule has 2 aromatic carbocycles. The molecule has 0 saturated heterocycles. The molecule has 0 saturated carbocycles. The number of hydrogen-bond donors (Lipinski definition) is 1. The summed E-state index contributed by atoms with van der Waals surface area (Å²) in [5.74, 6) is -1.67. The lowest BCUT2D eigenvalue weighted by Gasteiger charge is -2.09. The monoisotopic (exact) mass is 309 g/mol. The van der Waals surface area contributed by atoms with Gasteiger partial charge in [0.1, 0.15) is 5.82 Å². The Kier molecular flexibility index (Phi) is 4.23. The lowest BCUT2D eigenvalue weighted by Crippen LogP contribution is -2.14. The van der Waals surface area contributed by atoms with Crippen molar-refractivity contribution in [3.63, 3.8) is 0 Å². The lowest BCUT2D eigenvalue weighted by molar-refractivity contribution is 0.0595. The smallest absolute Gasteiger partial charge is 0.340 e. The largest absolute Gasteiger partial charge is 0.465 e. The second-order valence-electron chi connectivity index (χ2n) is 4.10. The summed E-state index contributed by atoms with van der Waals surface area (Å²) in [4.78, 5) is 11.4. The van der Waals surface area contributed by atoms with Crippen LogP contribution < -0.4 is 4.72 Å². The Morgan fingerprint density at radius 3 is 2.43 bits per heavy atom. The van der Waals surface area contributed by atoms with Gasteiger partial charge in [-0.25, -0.2) is 17.6 Å². The molecule has 2 aromatic rings. The van der Waals surface area contributed by atoms with Gasteiger partial charge in [0.25, 0.3) is 10.0 Å². The van der Waals surface area contributed by atoms with Crippen molar-refractivity contribution in [2.24, 2.45) is 0 Å². The SMILES string of the molecule is COC(=O)c1cc(NS(=O)(=O)c2ccccc2)ccc1F. The summed E-state index contributed by atoms with van der Waals surface area (Å²) in [5, 5.41) is 0. The van der Waals surface area contributed by atoms with Gasteiger partial charge in [-0.3, -0.25) is 4.72 Å². The van der Waals surface area contributed by atoms with Crippen molar-refractivity contribution in [1.29, 1.82) is 0 Å². The van der Waals surface area contributed by atoms with Crippen LogP contribution in [0.3, 0.4) is 0 Å². The first-order valence-corrected chi connectivity index (χ1v) is 7.38. The minimum absolute atomic E-state index is 0.0638. The zero-order valence-corrected chi connectivity index (χ0v) is 11.9. The Bertz CT molecular complexity index is 760. The van der Waals surface area contributed by atoms with Crippen LogP contribution in [0, 0.1) is 5.82 Å². The first-order valence-electron chi connectivity index (χ1n) is 5.90. The Morgan fingerprint density at radius 1 is 1.14 bits per heavy atom. The predicted molar refractivity (Wildman–Crippen MR) is 75.0 cm³/mol. The van der Waals surface area contributed by atoms with Crippen molar-refractivity contribution in [3.05, 3.63) is 59.9 Å². The summed E-state index contributed by atoms with van der Waals surface area (Å²) in [6.45, 7) is 0. The molecular weight excluding hydrogens is 297 g/mol. The van der Waals surface area contributed by atoms with E-state index < -0.39 is 21.8 Å². The second-order valence-corrected chi connectivity index (χ2v) is 5.79. The summed E-state index contributed by atoms with van der Waals surface area (Å²) in [5.41, 5.74) is -0.272. The fourth-order valence-corrected chi connectivity index (χ4v) is 2.74. The highest BCUT2D eigenvalue weighted by Crippen LogP contribution is 2.19. The quantitative estimate of drug-likeness (QED) is 0.880. The number of halogens is 1. The summed E-state index contributed by atoms with van der Waals surface area (Å²) >= 11 is 0. The first-order chi connectivity index (χ1) is 9.94. The van der Waals surface area contributed by atoms with Crippen LogP contribution in [0.5, 0.6) is 0 Å². The van der Waals surface area contributed by atoms with Crippen LogP contribution in [-0.2, 0) is 14.8 Å². The third-order valence-electron chi connectivity index (χ3n) is 2.68. The molecule has 0 aliphatic heterocycles. The maximum absolute atomic E-state index is 13.5. The number of rotatable bonds is 4. The molecule has 0 fully saturated rings. The van der Waals surface area contributed by atoms with E-state index in [4.69, 9.17) is 0 Å². The highest BCUT2D eigenvalue weighted by atomic mass is 32.2. The van der Waals surface area contributed by atoms with Crippen LogP contribution in [0.2, 0.25) is 0 Å². The number of ether oxygens (including phenoxy) is 1.